The van der Waals surface area contributed by atoms with Crippen LogP contribution in [0.3, 0.4) is 0 Å². The van der Waals surface area contributed by atoms with Gasteiger partial charge in [0.2, 0.25) is 5.88 Å². The standard InChI is InChI=1S/C14H13F3N2O2/c1-20-13-5-3-10(7-19-13)9-2-4-11(18)12(6-9)21-8-14(15,16)17/h2-7H,8,18H2,1H3. The number of hydrogen-bond donors (Lipinski definition) is 1. The Bertz CT molecular complexity index is 613. The molecule has 0 spiro atoms. The molecule has 1 aromatic carbocycles. The Morgan fingerprint density at radius 1 is 1.14 bits per heavy atom. The van der Waals surface area contributed by atoms with Crippen molar-refractivity contribution in [3.05, 3.63) is 36.5 Å². The van der Waals surface area contributed by atoms with Crippen molar-refractivity contribution < 1.29 is 22.6 Å². The number of hydrogen-bond acceptors (Lipinski definition) is 4. The molecule has 21 heavy (non-hydrogen) atoms. The minimum absolute atomic E-state index is 0.0133. The Hall–Kier alpha value is -2.44. The summed E-state index contributed by atoms with van der Waals surface area (Å²) < 4.78 is 46.2. The summed E-state index contributed by atoms with van der Waals surface area (Å²) in [4.78, 5) is 4.04. The molecular formula is C14H13F3N2O2. The van der Waals surface area contributed by atoms with Gasteiger partial charge in [-0.2, -0.15) is 13.2 Å². The van der Waals surface area contributed by atoms with E-state index in [0.717, 1.165) is 0 Å². The van der Waals surface area contributed by atoms with Gasteiger partial charge in [0.25, 0.3) is 0 Å². The van der Waals surface area contributed by atoms with E-state index in [1.165, 1.54) is 19.2 Å². The first-order valence-electron chi connectivity index (χ1n) is 5.98. The second kappa shape index (κ2) is 5.90. The highest BCUT2D eigenvalue weighted by molar-refractivity contribution is 5.69. The molecule has 0 saturated heterocycles. The van der Waals surface area contributed by atoms with E-state index in [2.05, 4.69) is 4.98 Å². The van der Waals surface area contributed by atoms with Crippen LogP contribution in [0.5, 0.6) is 11.6 Å². The van der Waals surface area contributed by atoms with Crippen LogP contribution in [0.25, 0.3) is 11.1 Å². The van der Waals surface area contributed by atoms with E-state index in [1.54, 1.807) is 24.4 Å². The van der Waals surface area contributed by atoms with Crippen LogP contribution in [0.1, 0.15) is 0 Å². The third kappa shape index (κ3) is 4.01. The Balaban J connectivity index is 2.24. The number of halogens is 3. The van der Waals surface area contributed by atoms with Crippen molar-refractivity contribution in [2.75, 3.05) is 19.5 Å². The summed E-state index contributed by atoms with van der Waals surface area (Å²) in [5, 5.41) is 0. The molecule has 1 aromatic heterocycles. The highest BCUT2D eigenvalue weighted by Gasteiger charge is 2.28. The first kappa shape index (κ1) is 15.0. The molecule has 0 radical (unpaired) electrons. The number of nitrogen functional groups attached to an aromatic ring is 1. The normalized spacial score (nSPS) is 11.2. The Morgan fingerprint density at radius 2 is 1.86 bits per heavy atom. The molecule has 0 fully saturated rings. The van der Waals surface area contributed by atoms with Crippen molar-refractivity contribution in [2.24, 2.45) is 0 Å². The summed E-state index contributed by atoms with van der Waals surface area (Å²) >= 11 is 0. The lowest BCUT2D eigenvalue weighted by Gasteiger charge is -2.12. The van der Waals surface area contributed by atoms with Crippen LogP contribution in [-0.4, -0.2) is 24.9 Å². The van der Waals surface area contributed by atoms with Gasteiger partial charge in [-0.15, -0.1) is 0 Å². The number of nitrogens with two attached hydrogens (primary N) is 1. The average Bonchev–Trinajstić information content (AvgIpc) is 2.46. The molecule has 4 nitrogen and oxygen atoms in total. The van der Waals surface area contributed by atoms with Crippen LogP contribution in [0, 0.1) is 0 Å². The summed E-state index contributed by atoms with van der Waals surface area (Å²) in [6.07, 6.45) is -2.86. The second-order valence-electron chi connectivity index (χ2n) is 4.25. The quantitative estimate of drug-likeness (QED) is 0.880. The lowest BCUT2D eigenvalue weighted by atomic mass is 10.1. The number of ether oxygens (including phenoxy) is 2. The zero-order chi connectivity index (χ0) is 15.5. The molecule has 7 heteroatoms. The molecule has 2 aromatic rings. The SMILES string of the molecule is COc1ccc(-c2ccc(N)c(OCC(F)(F)F)c2)cn1. The van der Waals surface area contributed by atoms with Gasteiger partial charge >= 0.3 is 6.18 Å². The summed E-state index contributed by atoms with van der Waals surface area (Å²) in [6, 6.07) is 8.02. The van der Waals surface area contributed by atoms with Gasteiger partial charge in [0.1, 0.15) is 5.75 Å². The van der Waals surface area contributed by atoms with E-state index in [0.29, 0.717) is 17.0 Å². The molecule has 0 aliphatic rings. The smallest absolute Gasteiger partial charge is 0.422 e. The van der Waals surface area contributed by atoms with Gasteiger partial charge < -0.3 is 15.2 Å². The summed E-state index contributed by atoms with van der Waals surface area (Å²) in [7, 11) is 1.49. The van der Waals surface area contributed by atoms with Gasteiger partial charge in [-0.05, 0) is 23.8 Å². The lowest BCUT2D eigenvalue weighted by Crippen LogP contribution is -2.19. The van der Waals surface area contributed by atoms with Gasteiger partial charge in [-0.1, -0.05) is 6.07 Å². The Labute approximate surface area is 119 Å². The Kier molecular flexibility index (Phi) is 4.21. The predicted octanol–water partition coefficient (Wildman–Crippen LogP) is 3.28. The van der Waals surface area contributed by atoms with Crippen molar-refractivity contribution in [3.63, 3.8) is 0 Å². The van der Waals surface area contributed by atoms with Crippen molar-refractivity contribution in [3.8, 4) is 22.8 Å². The first-order chi connectivity index (χ1) is 9.89. The molecule has 0 aliphatic carbocycles. The van der Waals surface area contributed by atoms with E-state index in [-0.39, 0.29) is 11.4 Å². The monoisotopic (exact) mass is 298 g/mol. The molecular weight excluding hydrogens is 285 g/mol. The molecule has 0 saturated carbocycles. The molecule has 0 bridgehead atoms. The maximum atomic E-state index is 12.2. The minimum Gasteiger partial charge on any atom is -0.482 e. The van der Waals surface area contributed by atoms with Gasteiger partial charge in [0, 0.05) is 17.8 Å². The third-order valence-corrected chi connectivity index (χ3v) is 2.68. The van der Waals surface area contributed by atoms with Crippen LogP contribution < -0.4 is 15.2 Å². The molecule has 112 valence electrons. The van der Waals surface area contributed by atoms with Crippen LogP contribution in [0.4, 0.5) is 18.9 Å². The maximum absolute atomic E-state index is 12.2. The van der Waals surface area contributed by atoms with Crippen molar-refractivity contribution >= 4 is 5.69 Å². The van der Waals surface area contributed by atoms with Crippen molar-refractivity contribution in [2.45, 2.75) is 6.18 Å². The number of methoxy groups -OCH3 is 1. The van der Waals surface area contributed by atoms with E-state index in [1.807, 2.05) is 0 Å². The number of anilines is 1. The zero-order valence-electron chi connectivity index (χ0n) is 11.1. The number of pyridine rings is 1. The minimum atomic E-state index is -4.41. The van der Waals surface area contributed by atoms with Gasteiger partial charge in [0.05, 0.1) is 12.8 Å². The lowest BCUT2D eigenvalue weighted by molar-refractivity contribution is -0.153. The van der Waals surface area contributed by atoms with Gasteiger partial charge in [-0.25, -0.2) is 4.98 Å². The number of alkyl halides is 3. The molecule has 0 atom stereocenters. The van der Waals surface area contributed by atoms with Crippen molar-refractivity contribution in [1.29, 1.82) is 0 Å². The first-order valence-corrected chi connectivity index (χ1v) is 5.98. The van der Waals surface area contributed by atoms with Crippen LogP contribution in [-0.2, 0) is 0 Å². The van der Waals surface area contributed by atoms with E-state index < -0.39 is 12.8 Å². The molecule has 1 heterocycles. The van der Waals surface area contributed by atoms with Crippen LogP contribution >= 0.6 is 0 Å². The summed E-state index contributed by atoms with van der Waals surface area (Å²) in [5.41, 5.74) is 7.12. The van der Waals surface area contributed by atoms with Crippen LogP contribution in [0.15, 0.2) is 36.5 Å². The molecule has 2 N–H and O–H groups in total. The summed E-state index contributed by atoms with van der Waals surface area (Å²) in [6.45, 7) is -1.39. The molecule has 2 rings (SSSR count). The van der Waals surface area contributed by atoms with E-state index in [9.17, 15) is 13.2 Å². The number of rotatable bonds is 4. The van der Waals surface area contributed by atoms with Gasteiger partial charge in [0.15, 0.2) is 6.61 Å². The third-order valence-electron chi connectivity index (χ3n) is 2.68. The van der Waals surface area contributed by atoms with Gasteiger partial charge in [-0.3, -0.25) is 0 Å². The number of nitrogens with zero attached hydrogens (tertiary/aromatic N) is 1. The molecule has 0 aliphatic heterocycles. The van der Waals surface area contributed by atoms with Crippen molar-refractivity contribution in [1.82, 2.24) is 4.98 Å². The topological polar surface area (TPSA) is 57.4 Å². The number of aromatic nitrogens is 1. The highest BCUT2D eigenvalue weighted by atomic mass is 19.4. The molecule has 0 amide bonds. The zero-order valence-corrected chi connectivity index (χ0v) is 11.1. The van der Waals surface area contributed by atoms with E-state index in [4.69, 9.17) is 15.2 Å². The summed E-state index contributed by atoms with van der Waals surface area (Å²) in [5.74, 6) is 0.434. The molecule has 0 unspecified atom stereocenters. The van der Waals surface area contributed by atoms with E-state index >= 15 is 0 Å². The largest absolute Gasteiger partial charge is 0.482 e. The van der Waals surface area contributed by atoms with Crippen LogP contribution in [0.2, 0.25) is 0 Å². The number of benzene rings is 1. The fourth-order valence-corrected chi connectivity index (χ4v) is 1.67. The fourth-order valence-electron chi connectivity index (χ4n) is 1.67. The highest BCUT2D eigenvalue weighted by Crippen LogP contribution is 2.30. The Morgan fingerprint density at radius 3 is 2.43 bits per heavy atom. The predicted molar refractivity (Wildman–Crippen MR) is 72.2 cm³/mol. The second-order valence-corrected chi connectivity index (χ2v) is 4.25. The average molecular weight is 298 g/mol. The maximum Gasteiger partial charge on any atom is 0.422 e. The fraction of sp³-hybridized carbons (Fsp3) is 0.214.